The van der Waals surface area contributed by atoms with E-state index < -0.39 is 0 Å². The van der Waals surface area contributed by atoms with Crippen molar-refractivity contribution in [3.05, 3.63) is 64.2 Å². The summed E-state index contributed by atoms with van der Waals surface area (Å²) in [7, 11) is 1.60. The first-order chi connectivity index (χ1) is 9.17. The molecule has 0 aromatic heterocycles. The Kier molecular flexibility index (Phi) is 4.46. The highest BCUT2D eigenvalue weighted by atomic mass is 35.5. The van der Waals surface area contributed by atoms with E-state index in [1.165, 1.54) is 5.56 Å². The Morgan fingerprint density at radius 2 is 1.95 bits per heavy atom. The molecule has 0 bridgehead atoms. The van der Waals surface area contributed by atoms with Gasteiger partial charge in [0.2, 0.25) is 0 Å². The normalized spacial score (nSPS) is 12.2. The van der Waals surface area contributed by atoms with E-state index >= 15 is 0 Å². The minimum Gasteiger partial charge on any atom is -0.495 e. The van der Waals surface area contributed by atoms with Crippen molar-refractivity contribution in [2.45, 2.75) is 19.4 Å². The first kappa shape index (κ1) is 13.9. The third kappa shape index (κ3) is 2.91. The van der Waals surface area contributed by atoms with E-state index in [1.54, 1.807) is 7.11 Å². The van der Waals surface area contributed by atoms with Gasteiger partial charge >= 0.3 is 0 Å². The summed E-state index contributed by atoms with van der Waals surface area (Å²) < 4.78 is 5.16. The first-order valence-corrected chi connectivity index (χ1v) is 6.72. The topological polar surface area (TPSA) is 35.2 Å². The van der Waals surface area contributed by atoms with E-state index in [4.69, 9.17) is 22.1 Å². The lowest BCUT2D eigenvalue weighted by atomic mass is 9.94. The van der Waals surface area contributed by atoms with E-state index in [2.05, 4.69) is 19.1 Å². The molecule has 0 aliphatic carbocycles. The van der Waals surface area contributed by atoms with Gasteiger partial charge in [0.25, 0.3) is 0 Å². The molecule has 2 rings (SSSR count). The van der Waals surface area contributed by atoms with Gasteiger partial charge in [0, 0.05) is 0 Å². The van der Waals surface area contributed by atoms with Crippen molar-refractivity contribution in [1.29, 1.82) is 0 Å². The molecule has 1 unspecified atom stereocenters. The molecule has 100 valence electrons. The lowest BCUT2D eigenvalue weighted by Gasteiger charge is -2.17. The number of nitrogens with two attached hydrogens (primary N) is 1. The number of methoxy groups -OCH3 is 1. The SMILES string of the molecule is CCc1ccccc1C(N)c1ccc(OC)c(Cl)c1. The van der Waals surface area contributed by atoms with E-state index in [0.717, 1.165) is 17.5 Å². The maximum absolute atomic E-state index is 6.35. The molecule has 1 atom stereocenters. The van der Waals surface area contributed by atoms with Crippen LogP contribution >= 0.6 is 11.6 Å². The number of aryl methyl sites for hydroxylation is 1. The average Bonchev–Trinajstić information content (AvgIpc) is 2.46. The average molecular weight is 276 g/mol. The van der Waals surface area contributed by atoms with Gasteiger partial charge in [-0.3, -0.25) is 0 Å². The summed E-state index contributed by atoms with van der Waals surface area (Å²) in [6.07, 6.45) is 0.966. The van der Waals surface area contributed by atoms with Crippen molar-refractivity contribution < 1.29 is 4.74 Å². The van der Waals surface area contributed by atoms with Crippen LogP contribution in [-0.2, 0) is 6.42 Å². The van der Waals surface area contributed by atoms with E-state index in [1.807, 2.05) is 30.3 Å². The van der Waals surface area contributed by atoms with Crippen LogP contribution in [0.3, 0.4) is 0 Å². The van der Waals surface area contributed by atoms with Gasteiger partial charge in [0.1, 0.15) is 5.75 Å². The van der Waals surface area contributed by atoms with Crippen LogP contribution in [0, 0.1) is 0 Å². The summed E-state index contributed by atoms with van der Waals surface area (Å²) in [5.74, 6) is 0.668. The van der Waals surface area contributed by atoms with E-state index in [-0.39, 0.29) is 6.04 Å². The largest absolute Gasteiger partial charge is 0.495 e. The van der Waals surface area contributed by atoms with Crippen LogP contribution in [0.4, 0.5) is 0 Å². The predicted octanol–water partition coefficient (Wildman–Crippen LogP) is 3.96. The fourth-order valence-electron chi connectivity index (χ4n) is 2.22. The minimum atomic E-state index is -0.167. The zero-order valence-corrected chi connectivity index (χ0v) is 11.9. The minimum absolute atomic E-state index is 0.167. The van der Waals surface area contributed by atoms with Gasteiger partial charge in [-0.1, -0.05) is 48.9 Å². The summed E-state index contributed by atoms with van der Waals surface area (Å²) in [6.45, 7) is 2.13. The molecule has 2 aromatic rings. The number of rotatable bonds is 4. The zero-order chi connectivity index (χ0) is 13.8. The van der Waals surface area contributed by atoms with Crippen LogP contribution < -0.4 is 10.5 Å². The third-order valence-electron chi connectivity index (χ3n) is 3.31. The Labute approximate surface area is 119 Å². The fourth-order valence-corrected chi connectivity index (χ4v) is 2.48. The summed E-state index contributed by atoms with van der Waals surface area (Å²) in [4.78, 5) is 0. The molecule has 2 N–H and O–H groups in total. The molecule has 2 aromatic carbocycles. The zero-order valence-electron chi connectivity index (χ0n) is 11.2. The quantitative estimate of drug-likeness (QED) is 0.917. The molecule has 0 heterocycles. The van der Waals surface area contributed by atoms with Crippen molar-refractivity contribution in [2.75, 3.05) is 7.11 Å². The maximum atomic E-state index is 6.35. The molecule has 0 spiro atoms. The van der Waals surface area contributed by atoms with Gasteiger partial charge in [-0.2, -0.15) is 0 Å². The maximum Gasteiger partial charge on any atom is 0.137 e. The monoisotopic (exact) mass is 275 g/mol. The van der Waals surface area contributed by atoms with Gasteiger partial charge in [-0.05, 0) is 35.2 Å². The fraction of sp³-hybridized carbons (Fsp3) is 0.250. The molecule has 3 heteroatoms. The number of benzene rings is 2. The molecule has 0 amide bonds. The van der Waals surface area contributed by atoms with Gasteiger partial charge in [0.15, 0.2) is 0 Å². The molecular weight excluding hydrogens is 258 g/mol. The highest BCUT2D eigenvalue weighted by Gasteiger charge is 2.13. The Morgan fingerprint density at radius 1 is 1.21 bits per heavy atom. The second-order valence-electron chi connectivity index (χ2n) is 4.42. The molecule has 0 saturated heterocycles. The number of hydrogen-bond acceptors (Lipinski definition) is 2. The molecule has 0 saturated carbocycles. The Bertz CT molecular complexity index is 568. The van der Waals surface area contributed by atoms with Crippen LogP contribution in [0.15, 0.2) is 42.5 Å². The van der Waals surface area contributed by atoms with Crippen LogP contribution in [0.2, 0.25) is 5.02 Å². The number of halogens is 1. The molecule has 2 nitrogen and oxygen atoms in total. The highest BCUT2D eigenvalue weighted by Crippen LogP contribution is 2.30. The van der Waals surface area contributed by atoms with Crippen molar-refractivity contribution in [2.24, 2.45) is 5.73 Å². The van der Waals surface area contributed by atoms with Gasteiger partial charge in [-0.25, -0.2) is 0 Å². The van der Waals surface area contributed by atoms with Crippen molar-refractivity contribution in [3.8, 4) is 5.75 Å². The molecule has 0 aliphatic heterocycles. The van der Waals surface area contributed by atoms with E-state index in [0.29, 0.717) is 10.8 Å². The third-order valence-corrected chi connectivity index (χ3v) is 3.60. The van der Waals surface area contributed by atoms with Crippen molar-refractivity contribution >= 4 is 11.6 Å². The lowest BCUT2D eigenvalue weighted by Crippen LogP contribution is -2.14. The predicted molar refractivity (Wildman–Crippen MR) is 79.9 cm³/mol. The smallest absolute Gasteiger partial charge is 0.137 e. The number of ether oxygens (including phenoxy) is 1. The molecular formula is C16H18ClNO. The van der Waals surface area contributed by atoms with E-state index in [9.17, 15) is 0 Å². The van der Waals surface area contributed by atoms with Gasteiger partial charge in [-0.15, -0.1) is 0 Å². The second-order valence-corrected chi connectivity index (χ2v) is 4.83. The summed E-state index contributed by atoms with van der Waals surface area (Å²) in [5, 5.41) is 0.587. The second kappa shape index (κ2) is 6.09. The van der Waals surface area contributed by atoms with Crippen LogP contribution in [0.25, 0.3) is 0 Å². The van der Waals surface area contributed by atoms with Crippen LogP contribution in [-0.4, -0.2) is 7.11 Å². The van der Waals surface area contributed by atoms with Crippen LogP contribution in [0.5, 0.6) is 5.75 Å². The lowest BCUT2D eigenvalue weighted by molar-refractivity contribution is 0.415. The Morgan fingerprint density at radius 3 is 2.58 bits per heavy atom. The molecule has 0 aliphatic rings. The number of hydrogen-bond donors (Lipinski definition) is 1. The first-order valence-electron chi connectivity index (χ1n) is 6.34. The highest BCUT2D eigenvalue weighted by molar-refractivity contribution is 6.32. The van der Waals surface area contributed by atoms with Gasteiger partial charge < -0.3 is 10.5 Å². The summed E-state index contributed by atoms with van der Waals surface area (Å²) in [6, 6.07) is 13.8. The Balaban J connectivity index is 2.38. The molecule has 0 fully saturated rings. The van der Waals surface area contributed by atoms with Crippen molar-refractivity contribution in [1.82, 2.24) is 0 Å². The Hall–Kier alpha value is -1.51. The molecule has 19 heavy (non-hydrogen) atoms. The van der Waals surface area contributed by atoms with Gasteiger partial charge in [0.05, 0.1) is 18.2 Å². The summed E-state index contributed by atoms with van der Waals surface area (Å²) >= 11 is 6.15. The van der Waals surface area contributed by atoms with Crippen molar-refractivity contribution in [3.63, 3.8) is 0 Å². The molecule has 0 radical (unpaired) electrons. The summed E-state index contributed by atoms with van der Waals surface area (Å²) in [5.41, 5.74) is 9.76. The van der Waals surface area contributed by atoms with Crippen LogP contribution in [0.1, 0.15) is 29.7 Å². The standard InChI is InChI=1S/C16H18ClNO/c1-3-11-6-4-5-7-13(11)16(18)12-8-9-15(19-2)14(17)10-12/h4-10,16H,3,18H2,1-2H3.